The van der Waals surface area contributed by atoms with Crippen LogP contribution in [0.4, 0.5) is 4.39 Å². The Bertz CT molecular complexity index is 570. The van der Waals surface area contributed by atoms with E-state index in [0.717, 1.165) is 5.56 Å². The van der Waals surface area contributed by atoms with Crippen molar-refractivity contribution in [1.82, 2.24) is 15.8 Å². The van der Waals surface area contributed by atoms with Crippen molar-refractivity contribution in [2.45, 2.75) is 31.1 Å². The van der Waals surface area contributed by atoms with E-state index in [4.69, 9.17) is 17.0 Å². The Morgan fingerprint density at radius 1 is 1.50 bits per heavy atom. The number of nitrogens with zero attached hydrogens (tertiary/aromatic N) is 1. The van der Waals surface area contributed by atoms with Crippen molar-refractivity contribution in [2.75, 3.05) is 6.54 Å². The minimum atomic E-state index is -0.499. The Balaban J connectivity index is 1.83. The molecule has 0 bridgehead atoms. The quantitative estimate of drug-likeness (QED) is 0.481. The lowest BCUT2D eigenvalue weighted by Crippen LogP contribution is -2.47. The van der Waals surface area contributed by atoms with Crippen molar-refractivity contribution in [3.05, 3.63) is 35.6 Å². The fourth-order valence-electron chi connectivity index (χ4n) is 2.69. The number of hydrogen-bond donors (Lipinski definition) is 2. The van der Waals surface area contributed by atoms with Crippen LogP contribution in [-0.2, 0) is 10.3 Å². The van der Waals surface area contributed by atoms with Gasteiger partial charge in [0, 0.05) is 0 Å². The summed E-state index contributed by atoms with van der Waals surface area (Å²) < 4.78 is 19.2. The fourth-order valence-corrected chi connectivity index (χ4v) is 3.06. The third-order valence-electron chi connectivity index (χ3n) is 3.77. The van der Waals surface area contributed by atoms with Gasteiger partial charge in [0.15, 0.2) is 5.11 Å². The van der Waals surface area contributed by atoms with Gasteiger partial charge in [-0.25, -0.2) is 9.82 Å². The number of hydrazine groups is 1. The van der Waals surface area contributed by atoms with Crippen molar-refractivity contribution < 1.29 is 9.13 Å². The first kappa shape index (κ1) is 13.8. The van der Waals surface area contributed by atoms with Gasteiger partial charge in [0.2, 0.25) is 0 Å². The summed E-state index contributed by atoms with van der Waals surface area (Å²) in [6.45, 7) is 4.56. The van der Waals surface area contributed by atoms with E-state index in [1.165, 1.54) is 12.1 Å². The molecule has 0 aliphatic carbocycles. The van der Waals surface area contributed by atoms with Crippen LogP contribution in [0.25, 0.3) is 0 Å². The van der Waals surface area contributed by atoms with Crippen LogP contribution in [0.5, 0.6) is 0 Å². The Labute approximate surface area is 124 Å². The largest absolute Gasteiger partial charge is 0.369 e. The topological polar surface area (TPSA) is 39.8 Å². The number of epoxide rings is 1. The monoisotopic (exact) mass is 293 g/mol. The average Bonchev–Trinajstić information content (AvgIpc) is 2.90. The van der Waals surface area contributed by atoms with Gasteiger partial charge in [-0.3, -0.25) is 5.01 Å². The van der Waals surface area contributed by atoms with Gasteiger partial charge in [0.25, 0.3) is 0 Å². The van der Waals surface area contributed by atoms with Gasteiger partial charge in [-0.15, -0.1) is 0 Å². The smallest absolute Gasteiger partial charge is 0.185 e. The highest BCUT2D eigenvalue weighted by atomic mass is 32.1. The molecule has 2 heterocycles. The number of thiocarbonyl (C=S) groups is 1. The molecule has 0 saturated carbocycles. The first-order chi connectivity index (χ1) is 9.32. The fraction of sp³-hybridized carbons (Fsp3) is 0.462. The molecule has 2 N–H and O–H groups in total. The SMILES string of the molecule is BC1OC1(CN1NC(C)(C)NC1=S)c1cccc(F)c1. The highest BCUT2D eigenvalue weighted by Crippen LogP contribution is 2.45. The van der Waals surface area contributed by atoms with Gasteiger partial charge in [-0.05, 0) is 43.8 Å². The van der Waals surface area contributed by atoms with Crippen LogP contribution in [0, 0.1) is 5.82 Å². The lowest BCUT2D eigenvalue weighted by molar-refractivity contribution is 0.186. The molecule has 0 aromatic heterocycles. The summed E-state index contributed by atoms with van der Waals surface area (Å²) in [5.74, 6) is -0.250. The molecule has 1 aromatic carbocycles. The maximum atomic E-state index is 13.4. The molecule has 2 fully saturated rings. The molecule has 2 atom stereocenters. The molecule has 0 amide bonds. The first-order valence-electron chi connectivity index (χ1n) is 6.64. The van der Waals surface area contributed by atoms with E-state index in [1.54, 1.807) is 6.07 Å². The van der Waals surface area contributed by atoms with Crippen LogP contribution >= 0.6 is 12.2 Å². The standard InChI is InChI=1S/C13H17BFN3OS/c1-12(2)16-11(20)18(17-12)7-13(10(14)19-13)8-4-3-5-9(15)6-8/h3-6,10,17H,7,14H2,1-2H3,(H,16,20). The maximum Gasteiger partial charge on any atom is 0.185 e. The van der Waals surface area contributed by atoms with Crippen molar-refractivity contribution in [1.29, 1.82) is 0 Å². The highest BCUT2D eigenvalue weighted by molar-refractivity contribution is 7.80. The van der Waals surface area contributed by atoms with E-state index < -0.39 is 5.60 Å². The Morgan fingerprint density at radius 2 is 2.20 bits per heavy atom. The molecule has 2 aliphatic rings. The van der Waals surface area contributed by atoms with Crippen molar-refractivity contribution in [2.24, 2.45) is 0 Å². The van der Waals surface area contributed by atoms with Gasteiger partial charge in [-0.1, -0.05) is 12.1 Å². The van der Waals surface area contributed by atoms with E-state index >= 15 is 0 Å². The molecule has 2 aliphatic heterocycles. The second kappa shape index (κ2) is 4.41. The second-order valence-corrected chi connectivity index (χ2v) is 6.30. The van der Waals surface area contributed by atoms with Crippen LogP contribution in [0.2, 0.25) is 0 Å². The van der Waals surface area contributed by atoms with Gasteiger partial charge in [0.1, 0.15) is 24.9 Å². The number of ether oxygens (including phenoxy) is 1. The molecule has 7 heteroatoms. The number of benzene rings is 1. The summed E-state index contributed by atoms with van der Waals surface area (Å²) in [4.78, 5) is 0. The third kappa shape index (κ3) is 2.30. The predicted octanol–water partition coefficient (Wildman–Crippen LogP) is 0.441. The van der Waals surface area contributed by atoms with E-state index in [-0.39, 0.29) is 17.5 Å². The molecule has 2 saturated heterocycles. The van der Waals surface area contributed by atoms with Crippen LogP contribution in [-0.4, -0.2) is 36.2 Å². The molecular weight excluding hydrogens is 276 g/mol. The van der Waals surface area contributed by atoms with Gasteiger partial charge in [-0.2, -0.15) is 0 Å². The minimum Gasteiger partial charge on any atom is -0.369 e. The predicted molar refractivity (Wildman–Crippen MR) is 81.1 cm³/mol. The van der Waals surface area contributed by atoms with E-state index in [0.29, 0.717) is 11.7 Å². The number of halogens is 1. The Morgan fingerprint density at radius 3 is 2.70 bits per heavy atom. The number of hydrogen-bond acceptors (Lipinski definition) is 3. The Hall–Kier alpha value is -1.18. The summed E-state index contributed by atoms with van der Waals surface area (Å²) >= 11 is 5.32. The molecule has 4 nitrogen and oxygen atoms in total. The molecule has 0 spiro atoms. The zero-order valence-electron chi connectivity index (χ0n) is 11.7. The lowest BCUT2D eigenvalue weighted by atomic mass is 9.85. The van der Waals surface area contributed by atoms with Crippen molar-refractivity contribution in [3.63, 3.8) is 0 Å². The maximum absolute atomic E-state index is 13.4. The number of rotatable bonds is 3. The molecule has 20 heavy (non-hydrogen) atoms. The van der Waals surface area contributed by atoms with Crippen LogP contribution in [0.1, 0.15) is 19.4 Å². The third-order valence-corrected chi connectivity index (χ3v) is 4.09. The minimum absolute atomic E-state index is 0.0395. The van der Waals surface area contributed by atoms with Gasteiger partial charge >= 0.3 is 0 Å². The highest BCUT2D eigenvalue weighted by Gasteiger charge is 2.56. The molecular formula is C13H17BFN3OS. The van der Waals surface area contributed by atoms with Crippen molar-refractivity contribution >= 4 is 25.2 Å². The molecule has 1 aromatic rings. The normalized spacial score (nSPS) is 31.2. The zero-order chi connectivity index (χ0) is 14.5. The Kier molecular flexibility index (Phi) is 3.04. The average molecular weight is 293 g/mol. The second-order valence-electron chi connectivity index (χ2n) is 5.91. The summed E-state index contributed by atoms with van der Waals surface area (Å²) in [7, 11) is 1.99. The lowest BCUT2D eigenvalue weighted by Gasteiger charge is -2.24. The van der Waals surface area contributed by atoms with Gasteiger partial charge < -0.3 is 10.1 Å². The summed E-state index contributed by atoms with van der Waals surface area (Å²) in [5, 5.41) is 5.69. The molecule has 0 radical (unpaired) electrons. The van der Waals surface area contributed by atoms with Crippen LogP contribution in [0.15, 0.2) is 24.3 Å². The summed E-state index contributed by atoms with van der Waals surface area (Å²) in [6, 6.07) is 6.61. The first-order valence-corrected chi connectivity index (χ1v) is 7.05. The van der Waals surface area contributed by atoms with E-state index in [2.05, 4.69) is 10.7 Å². The summed E-state index contributed by atoms with van der Waals surface area (Å²) in [6.07, 6.45) is 0. The van der Waals surface area contributed by atoms with Gasteiger partial charge in [0.05, 0.1) is 12.5 Å². The van der Waals surface area contributed by atoms with Crippen LogP contribution < -0.4 is 10.7 Å². The molecule has 106 valence electrons. The van der Waals surface area contributed by atoms with Crippen molar-refractivity contribution in [3.8, 4) is 0 Å². The van der Waals surface area contributed by atoms with E-state index in [9.17, 15) is 4.39 Å². The summed E-state index contributed by atoms with van der Waals surface area (Å²) in [5.41, 5.74) is 3.36. The zero-order valence-corrected chi connectivity index (χ0v) is 12.6. The van der Waals surface area contributed by atoms with Crippen LogP contribution in [0.3, 0.4) is 0 Å². The molecule has 3 rings (SSSR count). The van der Waals surface area contributed by atoms with E-state index in [1.807, 2.05) is 32.8 Å². The molecule has 2 unspecified atom stereocenters. The number of nitrogens with one attached hydrogen (secondary N) is 2.